The number of unbranched alkanes of at least 4 members (excludes halogenated alkanes) is 2. The van der Waals surface area contributed by atoms with Crippen molar-refractivity contribution in [1.29, 1.82) is 0 Å². The topological polar surface area (TPSA) is 150 Å². The number of ether oxygens (including phenoxy) is 1. The average Bonchev–Trinajstić information content (AvgIpc) is 3.10. The Morgan fingerprint density at radius 3 is 2.45 bits per heavy atom. The molecule has 11 nitrogen and oxygen atoms in total. The second kappa shape index (κ2) is 11.0. The van der Waals surface area contributed by atoms with Gasteiger partial charge in [-0.15, -0.1) is 0 Å². The molecule has 1 aromatic carbocycles. The van der Waals surface area contributed by atoms with Gasteiger partial charge in [-0.2, -0.15) is 0 Å². The summed E-state index contributed by atoms with van der Waals surface area (Å²) in [4.78, 5) is 32.4. The van der Waals surface area contributed by atoms with Gasteiger partial charge in [-0.05, 0) is 0 Å². The van der Waals surface area contributed by atoms with Gasteiger partial charge >= 0.3 is 185 Å². The summed E-state index contributed by atoms with van der Waals surface area (Å²) in [5.74, 6) is 0. The number of carbonyl (C=O) groups excluding carboxylic acids is 1. The summed E-state index contributed by atoms with van der Waals surface area (Å²) in [5, 5.41) is 33.2. The summed E-state index contributed by atoms with van der Waals surface area (Å²) in [6.07, 6.45) is 3.24. The number of hydrogen-bond donors (Lipinski definition) is 1. The van der Waals surface area contributed by atoms with Crippen LogP contribution in [0.15, 0.2) is 18.2 Å². The summed E-state index contributed by atoms with van der Waals surface area (Å²) in [7, 11) is 0. The van der Waals surface area contributed by atoms with Crippen molar-refractivity contribution in [1.82, 2.24) is 15.5 Å². The fourth-order valence-corrected chi connectivity index (χ4v) is 4.60. The van der Waals surface area contributed by atoms with Crippen LogP contribution >= 0.6 is 0 Å². The van der Waals surface area contributed by atoms with Crippen molar-refractivity contribution in [3.8, 4) is 0 Å². The molecule has 0 unspecified atom stereocenters. The van der Waals surface area contributed by atoms with E-state index in [1.54, 1.807) is 0 Å². The van der Waals surface area contributed by atoms with Gasteiger partial charge in [0, 0.05) is 0 Å². The Hall–Kier alpha value is -2.85. The zero-order valence-electron chi connectivity index (χ0n) is 17.6. The average molecular weight is 498 g/mol. The number of rotatable bonds is 10. The van der Waals surface area contributed by atoms with E-state index in [1.165, 1.54) is 12.1 Å². The van der Waals surface area contributed by atoms with Crippen molar-refractivity contribution in [2.24, 2.45) is 0 Å². The fraction of sp³-hybridized carbons (Fsp3) is 0.526. The number of non-ortho nitro benzene ring substituents is 1. The van der Waals surface area contributed by atoms with Crippen LogP contribution in [0.25, 0.3) is 0 Å². The zero-order chi connectivity index (χ0) is 23.0. The zero-order valence-corrected chi connectivity index (χ0v) is 19.3. The SMILES string of the molecule is CC(C)(C)OC(=O)NCCCCCc1nnc(Cc2ccc([N+](=O)[O-])cc2[N+](=O)[O-])[se]1. The molecule has 0 aliphatic rings. The summed E-state index contributed by atoms with van der Waals surface area (Å²) in [5.41, 5.74) is -0.716. The molecule has 2 aromatic rings. The van der Waals surface area contributed by atoms with E-state index in [0.717, 1.165) is 40.9 Å². The predicted molar refractivity (Wildman–Crippen MR) is 113 cm³/mol. The Bertz CT molecular complexity index is 940. The Kier molecular flexibility index (Phi) is 8.64. The van der Waals surface area contributed by atoms with E-state index in [1.807, 2.05) is 20.8 Å². The molecule has 1 amide bonds. The van der Waals surface area contributed by atoms with Gasteiger partial charge in [0.05, 0.1) is 0 Å². The summed E-state index contributed by atoms with van der Waals surface area (Å²) < 4.78 is 6.89. The number of aryl methyl sites for hydroxylation is 1. The monoisotopic (exact) mass is 499 g/mol. The first-order valence-corrected chi connectivity index (χ1v) is 11.5. The van der Waals surface area contributed by atoms with Crippen molar-refractivity contribution >= 4 is 32.0 Å². The molecule has 12 heteroatoms. The van der Waals surface area contributed by atoms with Crippen LogP contribution in [0.3, 0.4) is 0 Å². The number of amides is 1. The van der Waals surface area contributed by atoms with Crippen LogP contribution in [0.5, 0.6) is 0 Å². The molecule has 0 atom stereocenters. The van der Waals surface area contributed by atoms with E-state index in [0.29, 0.717) is 12.1 Å². The van der Waals surface area contributed by atoms with Crippen LogP contribution in [0.1, 0.15) is 54.7 Å². The minimum atomic E-state index is -0.655. The number of nitro groups is 2. The molecule has 2 rings (SSSR count). The number of benzene rings is 1. The fourth-order valence-electron chi connectivity index (χ4n) is 2.69. The second-order valence-corrected chi connectivity index (χ2v) is 10.2. The summed E-state index contributed by atoms with van der Waals surface area (Å²) in [6, 6.07) is 3.65. The molecule has 1 heterocycles. The molecule has 1 N–H and O–H groups in total. The number of nitrogens with one attached hydrogen (secondary N) is 1. The van der Waals surface area contributed by atoms with Crippen molar-refractivity contribution in [3.63, 3.8) is 0 Å². The Morgan fingerprint density at radius 1 is 1.10 bits per heavy atom. The summed E-state index contributed by atoms with van der Waals surface area (Å²) >= 11 is -0.0928. The number of nitrogens with zero attached hydrogens (tertiary/aromatic N) is 4. The molecule has 0 fully saturated rings. The minimum absolute atomic E-state index is 0.0928. The first-order chi connectivity index (χ1) is 14.5. The molecule has 0 spiro atoms. The first kappa shape index (κ1) is 24.4. The van der Waals surface area contributed by atoms with E-state index < -0.39 is 21.5 Å². The first-order valence-electron chi connectivity index (χ1n) is 9.75. The molecule has 168 valence electrons. The molecule has 31 heavy (non-hydrogen) atoms. The van der Waals surface area contributed by atoms with Crippen molar-refractivity contribution in [2.45, 2.75) is 58.5 Å². The van der Waals surface area contributed by atoms with Gasteiger partial charge in [-0.1, -0.05) is 0 Å². The van der Waals surface area contributed by atoms with Gasteiger partial charge in [-0.3, -0.25) is 0 Å². The van der Waals surface area contributed by atoms with Gasteiger partial charge in [0.2, 0.25) is 0 Å². The number of hydrogen-bond acceptors (Lipinski definition) is 8. The van der Waals surface area contributed by atoms with Crippen molar-refractivity contribution in [2.75, 3.05) is 6.54 Å². The van der Waals surface area contributed by atoms with Crippen LogP contribution in [-0.4, -0.2) is 52.8 Å². The van der Waals surface area contributed by atoms with Crippen LogP contribution in [0.2, 0.25) is 0 Å². The second-order valence-electron chi connectivity index (χ2n) is 7.83. The standard InChI is InChI=1S/C19H25N5O6Se/c1-19(2,3)30-18(25)20-10-6-4-5-7-16-21-22-17(31-16)11-13-8-9-14(23(26)27)12-15(13)24(28)29/h8-9,12H,4-7,10-11H2,1-3H3,(H,20,25). The maximum atomic E-state index is 11.6. The van der Waals surface area contributed by atoms with Crippen LogP contribution < -0.4 is 5.32 Å². The number of nitro benzene ring substituents is 2. The van der Waals surface area contributed by atoms with Crippen LogP contribution in [0.4, 0.5) is 16.2 Å². The third-order valence-electron chi connectivity index (χ3n) is 4.06. The Balaban J connectivity index is 1.79. The third-order valence-corrected chi connectivity index (χ3v) is 6.12. The van der Waals surface area contributed by atoms with E-state index in [-0.39, 0.29) is 32.3 Å². The van der Waals surface area contributed by atoms with Gasteiger partial charge < -0.3 is 0 Å². The quantitative estimate of drug-likeness (QED) is 0.227. The predicted octanol–water partition coefficient (Wildman–Crippen LogP) is 3.18. The summed E-state index contributed by atoms with van der Waals surface area (Å²) in [6.45, 7) is 5.98. The van der Waals surface area contributed by atoms with Gasteiger partial charge in [0.1, 0.15) is 0 Å². The number of carbonyl (C=O) groups is 1. The van der Waals surface area contributed by atoms with E-state index in [4.69, 9.17) is 4.74 Å². The van der Waals surface area contributed by atoms with Crippen molar-refractivity contribution in [3.05, 3.63) is 53.1 Å². The molecule has 0 radical (unpaired) electrons. The molecular weight excluding hydrogens is 473 g/mol. The van der Waals surface area contributed by atoms with Crippen LogP contribution in [-0.2, 0) is 17.6 Å². The molecular formula is C19H25N5O6Se. The normalized spacial score (nSPS) is 11.2. The molecule has 0 aliphatic carbocycles. The van der Waals surface area contributed by atoms with Gasteiger partial charge in [0.25, 0.3) is 0 Å². The van der Waals surface area contributed by atoms with Gasteiger partial charge in [-0.25, -0.2) is 0 Å². The molecule has 0 aliphatic heterocycles. The molecule has 0 saturated heterocycles. The Labute approximate surface area is 185 Å². The van der Waals surface area contributed by atoms with Crippen molar-refractivity contribution < 1.29 is 19.4 Å². The number of alkyl carbamates (subject to hydrolysis) is 1. The molecule has 1 aromatic heterocycles. The van der Waals surface area contributed by atoms with E-state index in [2.05, 4.69) is 15.5 Å². The van der Waals surface area contributed by atoms with Gasteiger partial charge in [0.15, 0.2) is 0 Å². The Morgan fingerprint density at radius 2 is 1.81 bits per heavy atom. The van der Waals surface area contributed by atoms with Crippen LogP contribution in [0, 0.1) is 20.2 Å². The molecule has 0 bridgehead atoms. The maximum absolute atomic E-state index is 11.6. The van der Waals surface area contributed by atoms with E-state index in [9.17, 15) is 25.0 Å². The van der Waals surface area contributed by atoms with E-state index >= 15 is 0 Å². The molecule has 0 saturated carbocycles. The third kappa shape index (κ3) is 8.42. The number of aromatic nitrogens is 2.